The van der Waals surface area contributed by atoms with Crippen LogP contribution >= 0.6 is 0 Å². The number of carbonyl (C=O) groups excluding carboxylic acids is 1. The minimum absolute atomic E-state index is 0.144. The number of imidazole rings is 1. The highest BCUT2D eigenvalue weighted by Crippen LogP contribution is 2.36. The Morgan fingerprint density at radius 3 is 2.65 bits per heavy atom. The van der Waals surface area contributed by atoms with Crippen LogP contribution in [-0.2, 0) is 0 Å². The lowest BCUT2D eigenvalue weighted by Crippen LogP contribution is -2.26. The molecule has 4 aromatic rings. The van der Waals surface area contributed by atoms with Gasteiger partial charge in [0.15, 0.2) is 17.3 Å². The summed E-state index contributed by atoms with van der Waals surface area (Å²) in [4.78, 5) is 22.8. The fourth-order valence-electron chi connectivity index (χ4n) is 5.22. The van der Waals surface area contributed by atoms with Gasteiger partial charge in [0.2, 0.25) is 0 Å². The van der Waals surface area contributed by atoms with Crippen molar-refractivity contribution in [1.82, 2.24) is 19.9 Å². The van der Waals surface area contributed by atoms with Gasteiger partial charge in [-0.05, 0) is 74.7 Å². The smallest absolute Gasteiger partial charge is 0.251 e. The minimum Gasteiger partial charge on any atom is -0.493 e. The molecule has 1 aliphatic carbocycles. The van der Waals surface area contributed by atoms with E-state index in [9.17, 15) is 4.79 Å². The maximum Gasteiger partial charge on any atom is 0.251 e. The molecule has 1 amide bonds. The van der Waals surface area contributed by atoms with Crippen LogP contribution < -0.4 is 14.8 Å². The molecular weight excluding hydrogens is 464 g/mol. The third kappa shape index (κ3) is 5.17. The molecule has 0 aliphatic heterocycles. The zero-order valence-electron chi connectivity index (χ0n) is 21.7. The van der Waals surface area contributed by atoms with Crippen LogP contribution in [-0.4, -0.2) is 34.2 Å². The molecule has 1 saturated carbocycles. The summed E-state index contributed by atoms with van der Waals surface area (Å²) in [6.07, 6.45) is 7.80. The van der Waals surface area contributed by atoms with Gasteiger partial charge < -0.3 is 19.4 Å². The lowest BCUT2D eigenvalue weighted by molar-refractivity contribution is 0.0940. The Bertz CT molecular complexity index is 1380. The molecule has 1 N–H and O–H groups in total. The number of ether oxygens (including phenoxy) is 2. The zero-order valence-corrected chi connectivity index (χ0v) is 21.7. The van der Waals surface area contributed by atoms with Crippen molar-refractivity contribution in [2.24, 2.45) is 0 Å². The summed E-state index contributed by atoms with van der Waals surface area (Å²) in [5, 5.41) is 3.12. The third-order valence-corrected chi connectivity index (χ3v) is 7.12. The molecule has 0 saturated heterocycles. The van der Waals surface area contributed by atoms with Gasteiger partial charge in [-0.2, -0.15) is 0 Å². The van der Waals surface area contributed by atoms with E-state index in [0.29, 0.717) is 29.7 Å². The van der Waals surface area contributed by atoms with Crippen LogP contribution in [0, 0.1) is 0 Å². The fourth-order valence-corrected chi connectivity index (χ4v) is 5.22. The number of hydrogen-bond acceptors (Lipinski definition) is 5. The number of nitrogens with zero attached hydrogens (tertiary/aromatic N) is 3. The Morgan fingerprint density at radius 1 is 1.08 bits per heavy atom. The van der Waals surface area contributed by atoms with Crippen molar-refractivity contribution in [3.63, 3.8) is 0 Å². The van der Waals surface area contributed by atoms with Crippen molar-refractivity contribution in [2.45, 2.75) is 58.0 Å². The van der Waals surface area contributed by atoms with Gasteiger partial charge in [-0.1, -0.05) is 31.4 Å². The SMILES string of the molecule is CCOc1cc(C(C)NC(=O)c2ccc3c(c2)nc(-c2ccccn2)n3C2CCCCC2)ccc1OC. The third-order valence-electron chi connectivity index (χ3n) is 7.12. The van der Waals surface area contributed by atoms with Crippen molar-refractivity contribution in [1.29, 1.82) is 0 Å². The van der Waals surface area contributed by atoms with Crippen molar-refractivity contribution in [3.05, 3.63) is 71.9 Å². The molecule has 2 heterocycles. The second-order valence-electron chi connectivity index (χ2n) is 9.55. The van der Waals surface area contributed by atoms with E-state index in [-0.39, 0.29) is 11.9 Å². The van der Waals surface area contributed by atoms with Crippen LogP contribution in [0.4, 0.5) is 0 Å². The number of methoxy groups -OCH3 is 1. The Morgan fingerprint density at radius 2 is 1.92 bits per heavy atom. The average molecular weight is 499 g/mol. The summed E-state index contributed by atoms with van der Waals surface area (Å²) >= 11 is 0. The van der Waals surface area contributed by atoms with E-state index >= 15 is 0 Å². The zero-order chi connectivity index (χ0) is 25.8. The predicted molar refractivity (Wildman–Crippen MR) is 145 cm³/mol. The Balaban J connectivity index is 1.44. The normalized spacial score (nSPS) is 14.9. The molecule has 1 atom stereocenters. The summed E-state index contributed by atoms with van der Waals surface area (Å²) in [6.45, 7) is 4.43. The molecule has 1 unspecified atom stereocenters. The highest BCUT2D eigenvalue weighted by atomic mass is 16.5. The number of nitrogens with one attached hydrogen (secondary N) is 1. The molecule has 0 bridgehead atoms. The summed E-state index contributed by atoms with van der Waals surface area (Å²) in [6, 6.07) is 17.6. The first-order valence-corrected chi connectivity index (χ1v) is 13.1. The summed E-state index contributed by atoms with van der Waals surface area (Å²) in [5.41, 5.74) is 4.24. The van der Waals surface area contributed by atoms with Gasteiger partial charge in [0.25, 0.3) is 5.91 Å². The number of rotatable bonds is 8. The fraction of sp³-hybridized carbons (Fsp3) is 0.367. The van der Waals surface area contributed by atoms with E-state index in [1.54, 1.807) is 13.3 Å². The standard InChI is InChI=1S/C30H34N4O3/c1-4-37-28-19-21(14-16-27(28)36-3)20(2)32-30(35)22-13-15-26-25(18-22)33-29(24-12-8-9-17-31-24)34(26)23-10-6-5-7-11-23/h8-9,12-20,23H,4-7,10-11H2,1-3H3,(H,32,35). The highest BCUT2D eigenvalue weighted by Gasteiger charge is 2.24. The van der Waals surface area contributed by atoms with Crippen molar-refractivity contribution >= 4 is 16.9 Å². The van der Waals surface area contributed by atoms with Gasteiger partial charge in [0.1, 0.15) is 5.69 Å². The van der Waals surface area contributed by atoms with E-state index in [2.05, 4.69) is 14.9 Å². The van der Waals surface area contributed by atoms with Gasteiger partial charge in [-0.15, -0.1) is 0 Å². The van der Waals surface area contributed by atoms with Gasteiger partial charge >= 0.3 is 0 Å². The number of benzene rings is 2. The van der Waals surface area contributed by atoms with Crippen molar-refractivity contribution in [2.75, 3.05) is 13.7 Å². The van der Waals surface area contributed by atoms with Gasteiger partial charge in [0.05, 0.1) is 30.8 Å². The number of carbonyl (C=O) groups is 1. The first-order valence-electron chi connectivity index (χ1n) is 13.1. The summed E-state index contributed by atoms with van der Waals surface area (Å²) in [5.74, 6) is 2.07. The molecule has 1 fully saturated rings. The van der Waals surface area contributed by atoms with Gasteiger partial charge in [-0.3, -0.25) is 9.78 Å². The van der Waals surface area contributed by atoms with Crippen LogP contribution in [0.3, 0.4) is 0 Å². The second-order valence-corrected chi connectivity index (χ2v) is 9.55. The molecule has 7 heteroatoms. The topological polar surface area (TPSA) is 78.3 Å². The number of hydrogen-bond donors (Lipinski definition) is 1. The monoisotopic (exact) mass is 498 g/mol. The van der Waals surface area contributed by atoms with Crippen LogP contribution in [0.5, 0.6) is 11.5 Å². The Hall–Kier alpha value is -3.87. The molecule has 0 radical (unpaired) electrons. The van der Waals surface area contributed by atoms with E-state index in [0.717, 1.165) is 41.0 Å². The minimum atomic E-state index is -0.211. The van der Waals surface area contributed by atoms with Crippen LogP contribution in [0.25, 0.3) is 22.6 Å². The number of aromatic nitrogens is 3. The molecule has 37 heavy (non-hydrogen) atoms. The summed E-state index contributed by atoms with van der Waals surface area (Å²) in [7, 11) is 1.62. The first kappa shape index (κ1) is 24.8. The molecular formula is C30H34N4O3. The summed E-state index contributed by atoms with van der Waals surface area (Å²) < 4.78 is 13.4. The maximum atomic E-state index is 13.3. The molecule has 192 valence electrons. The molecule has 2 aromatic carbocycles. The Labute approximate surface area is 217 Å². The number of fused-ring (bicyclic) bond motifs is 1. The van der Waals surface area contributed by atoms with E-state index in [1.165, 1.54) is 19.3 Å². The molecule has 5 rings (SSSR count). The first-order chi connectivity index (χ1) is 18.1. The quantitative estimate of drug-likeness (QED) is 0.300. The number of amides is 1. The number of pyridine rings is 1. The van der Waals surface area contributed by atoms with Crippen molar-refractivity contribution < 1.29 is 14.3 Å². The van der Waals surface area contributed by atoms with Gasteiger partial charge in [-0.25, -0.2) is 4.98 Å². The highest BCUT2D eigenvalue weighted by molar-refractivity contribution is 5.98. The lowest BCUT2D eigenvalue weighted by atomic mass is 9.95. The predicted octanol–water partition coefficient (Wildman–Crippen LogP) is 6.50. The van der Waals surface area contributed by atoms with Crippen molar-refractivity contribution in [3.8, 4) is 23.0 Å². The maximum absolute atomic E-state index is 13.3. The van der Waals surface area contributed by atoms with Crippen LogP contribution in [0.2, 0.25) is 0 Å². The Kier molecular flexibility index (Phi) is 7.40. The lowest BCUT2D eigenvalue weighted by Gasteiger charge is -2.25. The van der Waals surface area contributed by atoms with E-state index in [4.69, 9.17) is 14.5 Å². The van der Waals surface area contributed by atoms with E-state index in [1.807, 2.05) is 68.4 Å². The largest absolute Gasteiger partial charge is 0.493 e. The van der Waals surface area contributed by atoms with Crippen LogP contribution in [0.15, 0.2) is 60.8 Å². The molecule has 7 nitrogen and oxygen atoms in total. The average Bonchev–Trinajstić information content (AvgIpc) is 3.33. The van der Waals surface area contributed by atoms with Gasteiger partial charge in [0, 0.05) is 17.8 Å². The molecule has 2 aromatic heterocycles. The van der Waals surface area contributed by atoms with E-state index < -0.39 is 0 Å². The van der Waals surface area contributed by atoms with Crippen LogP contribution in [0.1, 0.15) is 74.0 Å². The second kappa shape index (κ2) is 11.0. The molecule has 1 aliphatic rings. The molecule has 0 spiro atoms.